The van der Waals surface area contributed by atoms with Crippen molar-refractivity contribution in [2.75, 3.05) is 6.54 Å². The number of carbonyl (C=O) groups excluding carboxylic acids is 1. The van der Waals surface area contributed by atoms with Gasteiger partial charge in [-0.05, 0) is 19.9 Å². The molecule has 4 heteroatoms. The molecule has 0 aliphatic rings. The first kappa shape index (κ1) is 9.75. The first-order valence-electron chi connectivity index (χ1n) is 3.87. The SMILES string of the molecule is Cc1cc(C(=O)NCC#N)c(C)s1. The van der Waals surface area contributed by atoms with Crippen LogP contribution in [0.25, 0.3) is 0 Å². The van der Waals surface area contributed by atoms with Gasteiger partial charge in [0, 0.05) is 9.75 Å². The van der Waals surface area contributed by atoms with Crippen LogP contribution >= 0.6 is 11.3 Å². The van der Waals surface area contributed by atoms with E-state index >= 15 is 0 Å². The molecule has 3 nitrogen and oxygen atoms in total. The molecule has 0 aromatic carbocycles. The number of nitrogens with one attached hydrogen (secondary N) is 1. The van der Waals surface area contributed by atoms with Crippen LogP contribution < -0.4 is 5.32 Å². The molecule has 0 atom stereocenters. The minimum atomic E-state index is -0.164. The Morgan fingerprint density at radius 1 is 1.69 bits per heavy atom. The van der Waals surface area contributed by atoms with Crippen molar-refractivity contribution in [1.29, 1.82) is 5.26 Å². The lowest BCUT2D eigenvalue weighted by Crippen LogP contribution is -2.23. The highest BCUT2D eigenvalue weighted by molar-refractivity contribution is 7.12. The number of thiophene rings is 1. The van der Waals surface area contributed by atoms with Gasteiger partial charge in [-0.25, -0.2) is 0 Å². The van der Waals surface area contributed by atoms with Gasteiger partial charge in [0.25, 0.3) is 5.91 Å². The summed E-state index contributed by atoms with van der Waals surface area (Å²) in [5.74, 6) is -0.164. The third-order valence-corrected chi connectivity index (χ3v) is 2.58. The summed E-state index contributed by atoms with van der Waals surface area (Å²) in [5, 5.41) is 10.8. The van der Waals surface area contributed by atoms with Gasteiger partial charge < -0.3 is 5.32 Å². The molecule has 1 N–H and O–H groups in total. The smallest absolute Gasteiger partial charge is 0.253 e. The molecule has 13 heavy (non-hydrogen) atoms. The molecule has 68 valence electrons. The van der Waals surface area contributed by atoms with Gasteiger partial charge in [0.1, 0.15) is 6.54 Å². The molecule has 1 rings (SSSR count). The maximum absolute atomic E-state index is 11.4. The van der Waals surface area contributed by atoms with Gasteiger partial charge in [0.2, 0.25) is 0 Å². The van der Waals surface area contributed by atoms with E-state index in [-0.39, 0.29) is 12.5 Å². The van der Waals surface area contributed by atoms with Crippen molar-refractivity contribution in [2.45, 2.75) is 13.8 Å². The third kappa shape index (κ3) is 2.30. The Balaban J connectivity index is 2.78. The summed E-state index contributed by atoms with van der Waals surface area (Å²) < 4.78 is 0. The summed E-state index contributed by atoms with van der Waals surface area (Å²) in [5.41, 5.74) is 0.678. The van der Waals surface area contributed by atoms with Gasteiger partial charge in [0.15, 0.2) is 0 Å². The van der Waals surface area contributed by atoms with Crippen LogP contribution in [0.3, 0.4) is 0 Å². The van der Waals surface area contributed by atoms with E-state index in [0.717, 1.165) is 9.75 Å². The minimum absolute atomic E-state index is 0.0627. The van der Waals surface area contributed by atoms with Crippen LogP contribution in [0, 0.1) is 25.2 Å². The Morgan fingerprint density at radius 3 is 2.85 bits per heavy atom. The van der Waals surface area contributed by atoms with E-state index < -0.39 is 0 Å². The van der Waals surface area contributed by atoms with Crippen LogP contribution in [0.1, 0.15) is 20.1 Å². The van der Waals surface area contributed by atoms with E-state index in [9.17, 15) is 4.79 Å². The van der Waals surface area contributed by atoms with Gasteiger partial charge in [-0.1, -0.05) is 0 Å². The second kappa shape index (κ2) is 4.06. The Morgan fingerprint density at radius 2 is 2.38 bits per heavy atom. The monoisotopic (exact) mass is 194 g/mol. The van der Waals surface area contributed by atoms with Crippen molar-refractivity contribution in [3.63, 3.8) is 0 Å². The second-order valence-electron chi connectivity index (χ2n) is 2.67. The van der Waals surface area contributed by atoms with Crippen molar-refractivity contribution in [2.24, 2.45) is 0 Å². The topological polar surface area (TPSA) is 52.9 Å². The largest absolute Gasteiger partial charge is 0.339 e. The molecule has 0 fully saturated rings. The molecule has 1 amide bonds. The lowest BCUT2D eigenvalue weighted by molar-refractivity contribution is 0.0958. The molecule has 1 aromatic rings. The summed E-state index contributed by atoms with van der Waals surface area (Å²) in [6, 6.07) is 3.71. The lowest BCUT2D eigenvalue weighted by Gasteiger charge is -1.98. The number of aryl methyl sites for hydroxylation is 2. The van der Waals surface area contributed by atoms with Crippen LogP contribution in [0.2, 0.25) is 0 Å². The summed E-state index contributed by atoms with van der Waals surface area (Å²) >= 11 is 1.59. The molecule has 1 heterocycles. The second-order valence-corrected chi connectivity index (χ2v) is 4.13. The normalized spacial score (nSPS) is 9.31. The highest BCUT2D eigenvalue weighted by Gasteiger charge is 2.10. The fourth-order valence-corrected chi connectivity index (χ4v) is 1.99. The molecule has 0 unspecified atom stereocenters. The number of hydrogen-bond acceptors (Lipinski definition) is 3. The van der Waals surface area contributed by atoms with E-state index in [0.29, 0.717) is 5.56 Å². The average Bonchev–Trinajstić information content (AvgIpc) is 2.41. The molecule has 0 aliphatic heterocycles. The zero-order valence-corrected chi connectivity index (χ0v) is 8.36. The fraction of sp³-hybridized carbons (Fsp3) is 0.333. The van der Waals surface area contributed by atoms with Gasteiger partial charge in [-0.3, -0.25) is 4.79 Å². The molecule has 0 saturated heterocycles. The Bertz CT molecular complexity index is 362. The maximum atomic E-state index is 11.4. The summed E-state index contributed by atoms with van der Waals surface area (Å²) in [4.78, 5) is 13.5. The molecule has 0 spiro atoms. The lowest BCUT2D eigenvalue weighted by atomic mass is 10.2. The zero-order chi connectivity index (χ0) is 9.84. The molecular weight excluding hydrogens is 184 g/mol. The molecule has 0 bridgehead atoms. The molecule has 0 radical (unpaired) electrons. The molecule has 1 aromatic heterocycles. The average molecular weight is 194 g/mol. The number of rotatable bonds is 2. The predicted molar refractivity (Wildman–Crippen MR) is 51.7 cm³/mol. The van der Waals surface area contributed by atoms with Crippen LogP contribution in [0.5, 0.6) is 0 Å². The maximum Gasteiger partial charge on any atom is 0.253 e. The van der Waals surface area contributed by atoms with Crippen molar-refractivity contribution in [3.8, 4) is 6.07 Å². The first-order valence-corrected chi connectivity index (χ1v) is 4.69. The molecular formula is C9H10N2OS. The van der Waals surface area contributed by atoms with Crippen molar-refractivity contribution < 1.29 is 4.79 Å². The summed E-state index contributed by atoms with van der Waals surface area (Å²) in [6.45, 7) is 3.92. The zero-order valence-electron chi connectivity index (χ0n) is 7.55. The molecule has 0 saturated carbocycles. The van der Waals surface area contributed by atoms with E-state index in [1.165, 1.54) is 0 Å². The predicted octanol–water partition coefficient (Wildman–Crippen LogP) is 1.62. The Labute approximate surface area is 81.0 Å². The number of hydrogen-bond donors (Lipinski definition) is 1. The van der Waals surface area contributed by atoms with Crippen LogP contribution in [-0.2, 0) is 0 Å². The summed E-state index contributed by atoms with van der Waals surface area (Å²) in [6.07, 6.45) is 0. The van der Waals surface area contributed by atoms with E-state index in [1.54, 1.807) is 11.3 Å². The number of carbonyl (C=O) groups is 1. The fourth-order valence-electron chi connectivity index (χ4n) is 1.07. The van der Waals surface area contributed by atoms with Gasteiger partial charge in [-0.15, -0.1) is 11.3 Å². The third-order valence-electron chi connectivity index (χ3n) is 1.61. The summed E-state index contributed by atoms with van der Waals surface area (Å²) in [7, 11) is 0. The van der Waals surface area contributed by atoms with Crippen molar-refractivity contribution in [3.05, 3.63) is 21.4 Å². The number of nitriles is 1. The first-order chi connectivity index (χ1) is 6.15. The highest BCUT2D eigenvalue weighted by atomic mass is 32.1. The Kier molecular flexibility index (Phi) is 3.04. The number of nitrogens with zero attached hydrogens (tertiary/aromatic N) is 1. The minimum Gasteiger partial charge on any atom is -0.339 e. The van der Waals surface area contributed by atoms with Gasteiger partial charge in [-0.2, -0.15) is 5.26 Å². The van der Waals surface area contributed by atoms with Crippen LogP contribution in [0.15, 0.2) is 6.07 Å². The van der Waals surface area contributed by atoms with Gasteiger partial charge in [0.05, 0.1) is 11.6 Å². The van der Waals surface area contributed by atoms with Crippen molar-refractivity contribution in [1.82, 2.24) is 5.32 Å². The van der Waals surface area contributed by atoms with E-state index in [1.807, 2.05) is 26.0 Å². The molecule has 0 aliphatic carbocycles. The van der Waals surface area contributed by atoms with Crippen LogP contribution in [0.4, 0.5) is 0 Å². The van der Waals surface area contributed by atoms with E-state index in [2.05, 4.69) is 5.32 Å². The quantitative estimate of drug-likeness (QED) is 0.727. The van der Waals surface area contributed by atoms with Crippen molar-refractivity contribution >= 4 is 17.2 Å². The number of amides is 1. The van der Waals surface area contributed by atoms with Crippen LogP contribution in [-0.4, -0.2) is 12.5 Å². The highest BCUT2D eigenvalue weighted by Crippen LogP contribution is 2.20. The Hall–Kier alpha value is -1.34. The van der Waals surface area contributed by atoms with E-state index in [4.69, 9.17) is 5.26 Å². The standard InChI is InChI=1S/C9H10N2OS/c1-6-5-8(7(2)13-6)9(12)11-4-3-10/h5H,4H2,1-2H3,(H,11,12). The van der Waals surface area contributed by atoms with Gasteiger partial charge >= 0.3 is 0 Å².